The largest absolute Gasteiger partial charge is 0.391 e. The average Bonchev–Trinajstić information content (AvgIpc) is 2.48. The van der Waals surface area contributed by atoms with Gasteiger partial charge in [-0.25, -0.2) is 0 Å². The zero-order chi connectivity index (χ0) is 9.73. The first-order valence-electron chi connectivity index (χ1n) is 4.43. The van der Waals surface area contributed by atoms with Crippen LogP contribution in [0.4, 0.5) is 13.2 Å². The molecule has 0 aromatic heterocycles. The fraction of sp³-hybridized carbons (Fsp3) is 1.00. The molecule has 5 heteroatoms. The number of rotatable bonds is 4. The monoisotopic (exact) mass is 197 g/mol. The van der Waals surface area contributed by atoms with Crippen LogP contribution in [0.5, 0.6) is 0 Å². The molecular weight excluding hydrogens is 183 g/mol. The fourth-order valence-corrected chi connectivity index (χ4v) is 1.29. The second-order valence-corrected chi connectivity index (χ2v) is 3.30. The summed E-state index contributed by atoms with van der Waals surface area (Å²) in [7, 11) is 0. The van der Waals surface area contributed by atoms with Crippen molar-refractivity contribution in [3.05, 3.63) is 0 Å². The van der Waals surface area contributed by atoms with Crippen LogP contribution in [0.1, 0.15) is 12.8 Å². The van der Waals surface area contributed by atoms with Gasteiger partial charge in [0.1, 0.15) is 0 Å². The number of halogens is 3. The molecule has 0 saturated carbocycles. The molecule has 0 amide bonds. The molecule has 78 valence electrons. The highest BCUT2D eigenvalue weighted by molar-refractivity contribution is 4.70. The van der Waals surface area contributed by atoms with Gasteiger partial charge in [-0.15, -0.1) is 0 Å². The minimum Gasteiger partial charge on any atom is -0.381 e. The van der Waals surface area contributed by atoms with Crippen LogP contribution in [-0.4, -0.2) is 32.5 Å². The number of ether oxygens (including phenoxy) is 1. The lowest BCUT2D eigenvalue weighted by Gasteiger charge is -2.10. The molecule has 13 heavy (non-hydrogen) atoms. The van der Waals surface area contributed by atoms with Gasteiger partial charge in [-0.1, -0.05) is 0 Å². The molecule has 0 radical (unpaired) electrons. The Hall–Kier alpha value is -0.290. The Bertz CT molecular complexity index is 143. The predicted octanol–water partition coefficient (Wildman–Crippen LogP) is 1.56. The summed E-state index contributed by atoms with van der Waals surface area (Å²) in [5, 5.41) is 3.13. The van der Waals surface area contributed by atoms with Crippen molar-refractivity contribution in [2.24, 2.45) is 5.92 Å². The average molecular weight is 197 g/mol. The molecule has 0 spiro atoms. The van der Waals surface area contributed by atoms with Crippen molar-refractivity contribution in [3.8, 4) is 0 Å². The van der Waals surface area contributed by atoms with Gasteiger partial charge in [-0.05, 0) is 18.9 Å². The zero-order valence-electron chi connectivity index (χ0n) is 7.36. The molecule has 1 unspecified atom stereocenters. The van der Waals surface area contributed by atoms with E-state index < -0.39 is 12.6 Å². The number of nitrogens with one attached hydrogen (secondary N) is 1. The van der Waals surface area contributed by atoms with Crippen molar-refractivity contribution in [3.63, 3.8) is 0 Å². The van der Waals surface area contributed by atoms with E-state index >= 15 is 0 Å². The molecule has 1 rings (SSSR count). The molecule has 1 heterocycles. The van der Waals surface area contributed by atoms with Gasteiger partial charge in [-0.3, -0.25) is 0 Å². The van der Waals surface area contributed by atoms with Crippen LogP contribution in [0.15, 0.2) is 0 Å². The summed E-state index contributed by atoms with van der Waals surface area (Å²) in [6, 6.07) is 0. The summed E-state index contributed by atoms with van der Waals surface area (Å²) < 4.78 is 39.9. The maximum absolute atomic E-state index is 11.7. The van der Waals surface area contributed by atoms with E-state index in [-0.39, 0.29) is 6.61 Å². The Kier molecular flexibility index (Phi) is 3.99. The molecule has 1 aliphatic heterocycles. The van der Waals surface area contributed by atoms with Gasteiger partial charge < -0.3 is 10.1 Å². The molecule has 1 aliphatic rings. The first-order chi connectivity index (χ1) is 6.08. The van der Waals surface area contributed by atoms with Crippen molar-refractivity contribution < 1.29 is 17.9 Å². The molecule has 1 saturated heterocycles. The van der Waals surface area contributed by atoms with Crippen LogP contribution >= 0.6 is 0 Å². The van der Waals surface area contributed by atoms with Crippen molar-refractivity contribution in [1.29, 1.82) is 0 Å². The summed E-state index contributed by atoms with van der Waals surface area (Å²) in [4.78, 5) is 0. The van der Waals surface area contributed by atoms with E-state index in [1.807, 2.05) is 0 Å². The van der Waals surface area contributed by atoms with Gasteiger partial charge in [0.15, 0.2) is 0 Å². The predicted molar refractivity (Wildman–Crippen MR) is 42.5 cm³/mol. The quantitative estimate of drug-likeness (QED) is 0.690. The first kappa shape index (κ1) is 10.8. The van der Waals surface area contributed by atoms with Crippen LogP contribution in [0, 0.1) is 5.92 Å². The van der Waals surface area contributed by atoms with Gasteiger partial charge in [0.05, 0.1) is 19.6 Å². The summed E-state index contributed by atoms with van der Waals surface area (Å²) in [6.07, 6.45) is -3.92. The molecule has 0 aromatic rings. The second kappa shape index (κ2) is 4.81. The Morgan fingerprint density at radius 1 is 1.38 bits per heavy atom. The van der Waals surface area contributed by atoms with Crippen LogP contribution in [0.3, 0.4) is 0 Å². The highest BCUT2D eigenvalue weighted by atomic mass is 19.4. The van der Waals surface area contributed by atoms with Gasteiger partial charge in [-0.2, -0.15) is 13.2 Å². The van der Waals surface area contributed by atoms with Crippen LogP contribution in [0.25, 0.3) is 0 Å². The summed E-state index contributed by atoms with van der Waals surface area (Å²) in [5.74, 6) is 0.397. The van der Waals surface area contributed by atoms with Crippen LogP contribution in [0.2, 0.25) is 0 Å². The molecule has 1 fully saturated rings. The summed E-state index contributed by atoms with van der Waals surface area (Å²) in [6.45, 7) is 2.06. The smallest absolute Gasteiger partial charge is 0.381 e. The maximum atomic E-state index is 11.7. The molecule has 0 aliphatic carbocycles. The molecular formula is C8H14F3NO. The van der Waals surface area contributed by atoms with Gasteiger partial charge in [0.25, 0.3) is 0 Å². The summed E-state index contributed by atoms with van der Waals surface area (Å²) >= 11 is 0. The van der Waals surface area contributed by atoms with Gasteiger partial charge in [0.2, 0.25) is 0 Å². The van der Waals surface area contributed by atoms with E-state index in [4.69, 9.17) is 4.74 Å². The van der Waals surface area contributed by atoms with Crippen molar-refractivity contribution >= 4 is 0 Å². The van der Waals surface area contributed by atoms with E-state index in [1.165, 1.54) is 0 Å². The lowest BCUT2D eigenvalue weighted by atomic mass is 10.1. The Morgan fingerprint density at radius 2 is 2.15 bits per heavy atom. The topological polar surface area (TPSA) is 21.3 Å². The van der Waals surface area contributed by atoms with E-state index in [2.05, 4.69) is 5.32 Å². The normalized spacial score (nSPS) is 23.8. The number of hydrogen-bond acceptors (Lipinski definition) is 2. The highest BCUT2D eigenvalue weighted by Crippen LogP contribution is 2.19. The van der Waals surface area contributed by atoms with E-state index in [0.717, 1.165) is 19.5 Å². The Balaban J connectivity index is 1.94. The highest BCUT2D eigenvalue weighted by Gasteiger charge is 2.26. The molecule has 2 nitrogen and oxygen atoms in total. The number of alkyl halides is 3. The second-order valence-electron chi connectivity index (χ2n) is 3.30. The third kappa shape index (κ3) is 5.10. The molecule has 0 aromatic carbocycles. The molecule has 1 N–H and O–H groups in total. The lowest BCUT2D eigenvalue weighted by molar-refractivity contribution is -0.145. The Morgan fingerprint density at radius 3 is 2.69 bits per heavy atom. The van der Waals surface area contributed by atoms with Gasteiger partial charge in [0, 0.05) is 6.54 Å². The third-order valence-corrected chi connectivity index (χ3v) is 2.05. The number of hydrogen-bond donors (Lipinski definition) is 1. The van der Waals surface area contributed by atoms with Crippen molar-refractivity contribution in [2.75, 3.05) is 26.3 Å². The fourth-order valence-electron chi connectivity index (χ4n) is 1.29. The van der Waals surface area contributed by atoms with Crippen LogP contribution in [-0.2, 0) is 4.74 Å². The minimum atomic E-state index is -4.09. The SMILES string of the molecule is FC(F)(F)CCOCC1CCNC1. The Labute approximate surface area is 75.4 Å². The van der Waals surface area contributed by atoms with Crippen molar-refractivity contribution in [2.45, 2.75) is 19.0 Å². The zero-order valence-corrected chi connectivity index (χ0v) is 7.36. The van der Waals surface area contributed by atoms with E-state index in [9.17, 15) is 13.2 Å². The molecule has 0 bridgehead atoms. The van der Waals surface area contributed by atoms with E-state index in [0.29, 0.717) is 12.5 Å². The lowest BCUT2D eigenvalue weighted by Crippen LogP contribution is -2.17. The van der Waals surface area contributed by atoms with Gasteiger partial charge >= 0.3 is 6.18 Å². The van der Waals surface area contributed by atoms with Crippen LogP contribution < -0.4 is 5.32 Å². The maximum Gasteiger partial charge on any atom is 0.391 e. The molecule has 1 atom stereocenters. The minimum absolute atomic E-state index is 0.208. The first-order valence-corrected chi connectivity index (χ1v) is 4.43. The third-order valence-electron chi connectivity index (χ3n) is 2.05. The van der Waals surface area contributed by atoms with E-state index in [1.54, 1.807) is 0 Å². The summed E-state index contributed by atoms with van der Waals surface area (Å²) in [5.41, 5.74) is 0. The standard InChI is InChI=1S/C8H14F3NO/c9-8(10,11)2-4-13-6-7-1-3-12-5-7/h7,12H,1-6H2. The van der Waals surface area contributed by atoms with Crippen molar-refractivity contribution in [1.82, 2.24) is 5.32 Å².